The summed E-state index contributed by atoms with van der Waals surface area (Å²) in [4.78, 5) is 12.0. The van der Waals surface area contributed by atoms with Gasteiger partial charge in [-0.2, -0.15) is 0 Å². The largest absolute Gasteiger partial charge is 0.351 e. The van der Waals surface area contributed by atoms with Crippen molar-refractivity contribution >= 4 is 18.3 Å². The van der Waals surface area contributed by atoms with Crippen LogP contribution in [0.15, 0.2) is 6.07 Å². The Morgan fingerprint density at radius 2 is 1.89 bits per heavy atom. The van der Waals surface area contributed by atoms with Gasteiger partial charge in [-0.05, 0) is 39.8 Å². The van der Waals surface area contributed by atoms with Gasteiger partial charge >= 0.3 is 0 Å². The summed E-state index contributed by atoms with van der Waals surface area (Å²) in [5.74, 6) is 0.0288. The van der Waals surface area contributed by atoms with Gasteiger partial charge in [0.25, 0.3) is 5.91 Å². The number of aromatic nitrogens is 1. The van der Waals surface area contributed by atoms with Crippen LogP contribution in [-0.2, 0) is 6.54 Å². The molecule has 4 nitrogen and oxygen atoms in total. The predicted molar refractivity (Wildman–Crippen MR) is 82.3 cm³/mol. The number of hydrogen-bond acceptors (Lipinski definition) is 2. The van der Waals surface area contributed by atoms with Crippen LogP contribution < -0.4 is 10.6 Å². The van der Waals surface area contributed by atoms with Gasteiger partial charge in [0.15, 0.2) is 0 Å². The van der Waals surface area contributed by atoms with E-state index in [1.165, 1.54) is 0 Å². The maximum absolute atomic E-state index is 12.0. The quantitative estimate of drug-likeness (QED) is 0.756. The molecule has 0 aliphatic heterocycles. The number of nitrogens with zero attached hydrogens (tertiary/aromatic N) is 1. The third kappa shape index (κ3) is 4.88. The van der Waals surface area contributed by atoms with Crippen molar-refractivity contribution < 1.29 is 4.79 Å². The fourth-order valence-corrected chi connectivity index (χ4v) is 2.18. The van der Waals surface area contributed by atoms with Crippen molar-refractivity contribution in [3.05, 3.63) is 23.0 Å². The average Bonchev–Trinajstić information content (AvgIpc) is 2.64. The van der Waals surface area contributed by atoms with Crippen molar-refractivity contribution in [1.82, 2.24) is 15.2 Å². The number of hydrogen-bond donors (Lipinski definition) is 2. The summed E-state index contributed by atoms with van der Waals surface area (Å²) in [6.07, 6.45) is 1.12. The van der Waals surface area contributed by atoms with Crippen LogP contribution in [0.4, 0.5) is 0 Å². The van der Waals surface area contributed by atoms with Crippen LogP contribution in [0, 0.1) is 13.8 Å². The van der Waals surface area contributed by atoms with Crippen molar-refractivity contribution in [2.45, 2.75) is 40.7 Å². The monoisotopic (exact) mass is 287 g/mol. The van der Waals surface area contributed by atoms with Gasteiger partial charge in [0.05, 0.1) is 5.56 Å². The van der Waals surface area contributed by atoms with Crippen molar-refractivity contribution in [2.75, 3.05) is 19.6 Å². The van der Waals surface area contributed by atoms with Crippen LogP contribution in [0.1, 0.15) is 42.0 Å². The minimum atomic E-state index is 0. The average molecular weight is 288 g/mol. The van der Waals surface area contributed by atoms with Gasteiger partial charge in [0.2, 0.25) is 0 Å². The van der Waals surface area contributed by atoms with Gasteiger partial charge in [-0.25, -0.2) is 0 Å². The molecule has 0 aromatic carbocycles. The molecule has 1 aromatic heterocycles. The lowest BCUT2D eigenvalue weighted by atomic mass is 10.2. The Morgan fingerprint density at radius 1 is 1.21 bits per heavy atom. The molecule has 0 fully saturated rings. The third-order valence-electron chi connectivity index (χ3n) is 3.15. The van der Waals surface area contributed by atoms with Crippen LogP contribution in [0.25, 0.3) is 0 Å². The Labute approximate surface area is 122 Å². The van der Waals surface area contributed by atoms with E-state index in [-0.39, 0.29) is 18.3 Å². The lowest BCUT2D eigenvalue weighted by molar-refractivity contribution is 0.0953. The smallest absolute Gasteiger partial charge is 0.253 e. The fourth-order valence-electron chi connectivity index (χ4n) is 2.18. The highest BCUT2D eigenvalue weighted by Crippen LogP contribution is 2.14. The van der Waals surface area contributed by atoms with Crippen LogP contribution in [-0.4, -0.2) is 30.1 Å². The van der Waals surface area contributed by atoms with Crippen molar-refractivity contribution in [2.24, 2.45) is 0 Å². The molecule has 19 heavy (non-hydrogen) atoms. The van der Waals surface area contributed by atoms with Gasteiger partial charge < -0.3 is 15.2 Å². The summed E-state index contributed by atoms with van der Waals surface area (Å²) < 4.78 is 2.16. The number of carbonyl (C=O) groups is 1. The van der Waals surface area contributed by atoms with Gasteiger partial charge in [0.1, 0.15) is 0 Å². The SMILES string of the molecule is CCCNCCNC(=O)c1cc(C)n(CC)c1C.Cl. The summed E-state index contributed by atoms with van der Waals surface area (Å²) in [5, 5.41) is 6.21. The lowest BCUT2D eigenvalue weighted by Crippen LogP contribution is -2.32. The molecule has 0 spiro atoms. The number of halogens is 1. The van der Waals surface area contributed by atoms with Crippen molar-refractivity contribution in [3.63, 3.8) is 0 Å². The second kappa shape index (κ2) is 8.99. The van der Waals surface area contributed by atoms with E-state index in [0.717, 1.165) is 43.0 Å². The van der Waals surface area contributed by atoms with Crippen LogP contribution in [0.3, 0.4) is 0 Å². The molecule has 0 aliphatic rings. The second-order valence-corrected chi connectivity index (χ2v) is 4.53. The lowest BCUT2D eigenvalue weighted by Gasteiger charge is -2.07. The molecule has 0 atom stereocenters. The first-order valence-corrected chi connectivity index (χ1v) is 6.77. The number of carbonyl (C=O) groups excluding carboxylic acids is 1. The molecule has 5 heteroatoms. The molecule has 1 heterocycles. The van der Waals surface area contributed by atoms with Crippen molar-refractivity contribution in [1.29, 1.82) is 0 Å². The van der Waals surface area contributed by atoms with E-state index < -0.39 is 0 Å². The zero-order chi connectivity index (χ0) is 13.5. The normalized spacial score (nSPS) is 10.1. The molecule has 0 saturated heterocycles. The fraction of sp³-hybridized carbons (Fsp3) is 0.643. The second-order valence-electron chi connectivity index (χ2n) is 4.53. The third-order valence-corrected chi connectivity index (χ3v) is 3.15. The maximum atomic E-state index is 12.0. The number of aryl methyl sites for hydroxylation is 1. The summed E-state index contributed by atoms with van der Waals surface area (Å²) in [5.41, 5.74) is 2.99. The highest BCUT2D eigenvalue weighted by Gasteiger charge is 2.13. The summed E-state index contributed by atoms with van der Waals surface area (Å²) in [6, 6.07) is 1.97. The number of amides is 1. The molecule has 1 rings (SSSR count). The Bertz CT molecular complexity index is 402. The van der Waals surface area contributed by atoms with Crippen LogP contribution in [0.2, 0.25) is 0 Å². The summed E-state index contributed by atoms with van der Waals surface area (Å²) in [7, 11) is 0. The molecule has 0 radical (unpaired) electrons. The molecular formula is C14H26ClN3O. The van der Waals surface area contributed by atoms with Gasteiger partial charge in [-0.15, -0.1) is 12.4 Å². The van der Waals surface area contributed by atoms with E-state index in [2.05, 4.69) is 29.0 Å². The Hall–Kier alpha value is -1.00. The van der Waals surface area contributed by atoms with E-state index >= 15 is 0 Å². The minimum Gasteiger partial charge on any atom is -0.351 e. The van der Waals surface area contributed by atoms with Crippen LogP contribution >= 0.6 is 12.4 Å². The molecule has 0 saturated carbocycles. The molecule has 0 aliphatic carbocycles. The zero-order valence-corrected chi connectivity index (χ0v) is 13.2. The van der Waals surface area contributed by atoms with E-state index in [9.17, 15) is 4.79 Å². The summed E-state index contributed by atoms with van der Waals surface area (Å²) in [6.45, 7) is 11.7. The van der Waals surface area contributed by atoms with E-state index in [4.69, 9.17) is 0 Å². The topological polar surface area (TPSA) is 46.1 Å². The first-order valence-electron chi connectivity index (χ1n) is 6.77. The molecule has 110 valence electrons. The zero-order valence-electron chi connectivity index (χ0n) is 12.4. The predicted octanol–water partition coefficient (Wildman–Crippen LogP) is 2.28. The van der Waals surface area contributed by atoms with Gasteiger partial charge in [-0.3, -0.25) is 4.79 Å². The van der Waals surface area contributed by atoms with Crippen LogP contribution in [0.5, 0.6) is 0 Å². The highest BCUT2D eigenvalue weighted by atomic mass is 35.5. The molecule has 1 amide bonds. The number of nitrogens with one attached hydrogen (secondary N) is 2. The number of rotatable bonds is 7. The first kappa shape index (κ1) is 18.0. The molecule has 1 aromatic rings. The Kier molecular flexibility index (Phi) is 8.52. The maximum Gasteiger partial charge on any atom is 0.253 e. The van der Waals surface area contributed by atoms with E-state index in [1.807, 2.05) is 19.9 Å². The van der Waals surface area contributed by atoms with E-state index in [1.54, 1.807) is 0 Å². The molecule has 2 N–H and O–H groups in total. The molecular weight excluding hydrogens is 262 g/mol. The standard InChI is InChI=1S/C14H25N3O.ClH/c1-5-7-15-8-9-16-14(18)13-10-11(3)17(6-2)12(13)4;/h10,15H,5-9H2,1-4H3,(H,16,18);1H. The Morgan fingerprint density at radius 3 is 2.42 bits per heavy atom. The molecule has 0 unspecified atom stereocenters. The first-order chi connectivity index (χ1) is 8.61. The van der Waals surface area contributed by atoms with Crippen molar-refractivity contribution in [3.8, 4) is 0 Å². The van der Waals surface area contributed by atoms with Gasteiger partial charge in [-0.1, -0.05) is 6.92 Å². The Balaban J connectivity index is 0.00000324. The van der Waals surface area contributed by atoms with E-state index in [0.29, 0.717) is 6.54 Å². The molecule has 0 bridgehead atoms. The minimum absolute atomic E-state index is 0. The van der Waals surface area contributed by atoms with Gasteiger partial charge in [0, 0.05) is 31.0 Å². The highest BCUT2D eigenvalue weighted by molar-refractivity contribution is 5.95. The summed E-state index contributed by atoms with van der Waals surface area (Å²) >= 11 is 0.